The lowest BCUT2D eigenvalue weighted by Gasteiger charge is -2.23. The van der Waals surface area contributed by atoms with Gasteiger partial charge in [-0.1, -0.05) is 19.8 Å². The van der Waals surface area contributed by atoms with Crippen LogP contribution in [0.25, 0.3) is 0 Å². The number of aliphatic carboxylic acids is 1. The van der Waals surface area contributed by atoms with Gasteiger partial charge in [0.05, 0.1) is 19.1 Å². The maximum atomic E-state index is 11.7. The topological polar surface area (TPSA) is 87.7 Å². The van der Waals surface area contributed by atoms with E-state index in [0.29, 0.717) is 19.6 Å². The largest absolute Gasteiger partial charge is 0.480 e. The minimum Gasteiger partial charge on any atom is -0.480 e. The van der Waals surface area contributed by atoms with Crippen LogP contribution >= 0.6 is 0 Å². The van der Waals surface area contributed by atoms with E-state index in [0.717, 1.165) is 19.4 Å². The van der Waals surface area contributed by atoms with Gasteiger partial charge in [-0.15, -0.1) is 0 Å². The quantitative estimate of drug-likeness (QED) is 0.604. The summed E-state index contributed by atoms with van der Waals surface area (Å²) in [5, 5.41) is 14.7. The summed E-state index contributed by atoms with van der Waals surface area (Å²) < 4.78 is 5.40. The second-order valence-corrected chi connectivity index (χ2v) is 4.50. The second kappa shape index (κ2) is 8.05. The number of nitrogens with one attached hydrogen (secondary N) is 2. The maximum absolute atomic E-state index is 11.7. The number of carbonyl (C=O) groups is 2. The van der Waals surface area contributed by atoms with E-state index in [1.807, 2.05) is 6.92 Å². The molecule has 0 spiro atoms. The fraction of sp³-hybridized carbons (Fsp3) is 0.833. The molecule has 0 bridgehead atoms. The zero-order chi connectivity index (χ0) is 13.4. The highest BCUT2D eigenvalue weighted by Gasteiger charge is 2.22. The van der Waals surface area contributed by atoms with Gasteiger partial charge in [-0.25, -0.2) is 4.79 Å². The highest BCUT2D eigenvalue weighted by atomic mass is 16.5. The molecule has 1 aliphatic rings. The Morgan fingerprint density at radius 1 is 1.56 bits per heavy atom. The van der Waals surface area contributed by atoms with Crippen LogP contribution in [0.3, 0.4) is 0 Å². The van der Waals surface area contributed by atoms with Crippen LogP contribution in [0.5, 0.6) is 0 Å². The average Bonchev–Trinajstić information content (AvgIpc) is 2.35. The average molecular weight is 258 g/mol. The normalized spacial score (nSPS) is 21.3. The molecule has 0 aliphatic carbocycles. The van der Waals surface area contributed by atoms with E-state index < -0.39 is 12.0 Å². The Bertz CT molecular complexity index is 277. The molecule has 1 aliphatic heterocycles. The van der Waals surface area contributed by atoms with Crippen molar-refractivity contribution in [2.45, 2.75) is 44.8 Å². The number of carbonyl (C=O) groups excluding carboxylic acids is 1. The van der Waals surface area contributed by atoms with Crippen molar-refractivity contribution in [3.05, 3.63) is 0 Å². The predicted molar refractivity (Wildman–Crippen MR) is 66.3 cm³/mol. The molecule has 1 amide bonds. The Hall–Kier alpha value is -1.14. The van der Waals surface area contributed by atoms with E-state index in [1.54, 1.807) is 0 Å². The molecule has 18 heavy (non-hydrogen) atoms. The van der Waals surface area contributed by atoms with Gasteiger partial charge in [0.1, 0.15) is 6.04 Å². The van der Waals surface area contributed by atoms with Crippen LogP contribution in [0, 0.1) is 0 Å². The lowest BCUT2D eigenvalue weighted by Crippen LogP contribution is -2.45. The van der Waals surface area contributed by atoms with Gasteiger partial charge in [0.25, 0.3) is 0 Å². The Labute approximate surface area is 107 Å². The number of morpholine rings is 1. The first-order valence-electron chi connectivity index (χ1n) is 6.48. The third-order valence-electron chi connectivity index (χ3n) is 2.90. The monoisotopic (exact) mass is 258 g/mol. The van der Waals surface area contributed by atoms with Crippen molar-refractivity contribution in [3.8, 4) is 0 Å². The van der Waals surface area contributed by atoms with Crippen molar-refractivity contribution in [2.24, 2.45) is 0 Å². The molecule has 1 saturated heterocycles. The molecule has 2 unspecified atom stereocenters. The van der Waals surface area contributed by atoms with Gasteiger partial charge in [0, 0.05) is 13.1 Å². The smallest absolute Gasteiger partial charge is 0.326 e. The highest BCUT2D eigenvalue weighted by Crippen LogP contribution is 2.04. The minimum atomic E-state index is -0.973. The molecule has 6 heteroatoms. The van der Waals surface area contributed by atoms with Gasteiger partial charge in [0.2, 0.25) is 5.91 Å². The zero-order valence-corrected chi connectivity index (χ0v) is 10.8. The Kier molecular flexibility index (Phi) is 6.67. The summed E-state index contributed by atoms with van der Waals surface area (Å²) >= 11 is 0. The molecule has 1 fully saturated rings. The Balaban J connectivity index is 2.32. The fourth-order valence-corrected chi connectivity index (χ4v) is 1.88. The van der Waals surface area contributed by atoms with Crippen LogP contribution in [0.4, 0.5) is 0 Å². The van der Waals surface area contributed by atoms with Crippen LogP contribution < -0.4 is 10.6 Å². The summed E-state index contributed by atoms with van der Waals surface area (Å²) in [4.78, 5) is 22.7. The number of carboxylic acid groups (broad SMARTS) is 1. The lowest BCUT2D eigenvalue weighted by atomic mass is 10.1. The van der Waals surface area contributed by atoms with E-state index in [-0.39, 0.29) is 18.4 Å². The van der Waals surface area contributed by atoms with Crippen LogP contribution in [0.1, 0.15) is 32.6 Å². The minimum absolute atomic E-state index is 0.153. The molecule has 1 heterocycles. The standard InChI is InChI=1S/C12H22N2O4/c1-2-3-4-10(12(16)17)14-11(15)7-9-8-13-5-6-18-9/h9-10,13H,2-8H2,1H3,(H,14,15)(H,16,17). The third-order valence-corrected chi connectivity index (χ3v) is 2.90. The first-order valence-corrected chi connectivity index (χ1v) is 6.48. The van der Waals surface area contributed by atoms with Gasteiger partial charge in [-0.3, -0.25) is 4.79 Å². The number of hydrogen-bond acceptors (Lipinski definition) is 4. The molecule has 104 valence electrons. The lowest BCUT2D eigenvalue weighted by molar-refractivity contribution is -0.142. The number of amides is 1. The van der Waals surface area contributed by atoms with E-state index >= 15 is 0 Å². The van der Waals surface area contributed by atoms with Crippen LogP contribution in [0.2, 0.25) is 0 Å². The molecule has 0 aromatic carbocycles. The van der Waals surface area contributed by atoms with Crippen molar-refractivity contribution in [3.63, 3.8) is 0 Å². The Morgan fingerprint density at radius 3 is 2.89 bits per heavy atom. The number of rotatable bonds is 7. The van der Waals surface area contributed by atoms with E-state index in [9.17, 15) is 9.59 Å². The van der Waals surface area contributed by atoms with Crippen molar-refractivity contribution >= 4 is 11.9 Å². The SMILES string of the molecule is CCCCC(NC(=O)CC1CNCCO1)C(=O)O. The summed E-state index contributed by atoms with van der Waals surface area (Å²) in [5.41, 5.74) is 0. The number of unbranched alkanes of at least 4 members (excludes halogenated alkanes) is 1. The molecule has 0 radical (unpaired) electrons. The molecule has 0 aromatic heterocycles. The predicted octanol–water partition coefficient (Wildman–Crippen LogP) is 0.125. The molecule has 3 N–H and O–H groups in total. The van der Waals surface area contributed by atoms with Crippen LogP contribution in [-0.2, 0) is 14.3 Å². The first kappa shape index (κ1) is 14.9. The summed E-state index contributed by atoms with van der Waals surface area (Å²) in [6, 6.07) is -0.783. The van der Waals surface area contributed by atoms with Gasteiger partial charge in [0.15, 0.2) is 0 Å². The van der Waals surface area contributed by atoms with E-state index in [4.69, 9.17) is 9.84 Å². The zero-order valence-electron chi connectivity index (χ0n) is 10.8. The van der Waals surface area contributed by atoms with Crippen LogP contribution in [-0.4, -0.2) is 48.8 Å². The summed E-state index contributed by atoms with van der Waals surface area (Å²) in [6.45, 7) is 4.02. The molecule has 1 rings (SSSR count). The summed E-state index contributed by atoms with van der Waals surface area (Å²) in [6.07, 6.45) is 2.23. The summed E-state index contributed by atoms with van der Waals surface area (Å²) in [5.74, 6) is -1.23. The maximum Gasteiger partial charge on any atom is 0.326 e. The second-order valence-electron chi connectivity index (χ2n) is 4.50. The van der Waals surface area contributed by atoms with Crippen LogP contribution in [0.15, 0.2) is 0 Å². The molecular formula is C12H22N2O4. The van der Waals surface area contributed by atoms with E-state index in [1.165, 1.54) is 0 Å². The van der Waals surface area contributed by atoms with Crippen molar-refractivity contribution in [2.75, 3.05) is 19.7 Å². The fourth-order valence-electron chi connectivity index (χ4n) is 1.88. The first-order chi connectivity index (χ1) is 8.63. The van der Waals surface area contributed by atoms with Gasteiger partial charge < -0.3 is 20.5 Å². The number of hydrogen-bond donors (Lipinski definition) is 3. The Morgan fingerprint density at radius 2 is 2.33 bits per heavy atom. The highest BCUT2D eigenvalue weighted by molar-refractivity contribution is 5.83. The molecule has 0 saturated carbocycles. The summed E-state index contributed by atoms with van der Waals surface area (Å²) in [7, 11) is 0. The molecule has 2 atom stereocenters. The molecule has 6 nitrogen and oxygen atoms in total. The van der Waals surface area contributed by atoms with Gasteiger partial charge in [-0.2, -0.15) is 0 Å². The molecule has 0 aromatic rings. The van der Waals surface area contributed by atoms with Crippen molar-refractivity contribution < 1.29 is 19.4 Å². The van der Waals surface area contributed by atoms with Crippen molar-refractivity contribution in [1.29, 1.82) is 0 Å². The third kappa shape index (κ3) is 5.46. The van der Waals surface area contributed by atoms with Gasteiger partial charge in [-0.05, 0) is 6.42 Å². The number of ether oxygens (including phenoxy) is 1. The molecular weight excluding hydrogens is 236 g/mol. The van der Waals surface area contributed by atoms with E-state index in [2.05, 4.69) is 10.6 Å². The van der Waals surface area contributed by atoms with Gasteiger partial charge >= 0.3 is 5.97 Å². The number of carboxylic acids is 1. The van der Waals surface area contributed by atoms with Crippen molar-refractivity contribution in [1.82, 2.24) is 10.6 Å².